The zero-order valence-corrected chi connectivity index (χ0v) is 12.8. The van der Waals surface area contributed by atoms with Crippen molar-refractivity contribution in [3.63, 3.8) is 0 Å². The molecular formula is C13H16BrF3O3. The highest BCUT2D eigenvalue weighted by atomic mass is 79.9. The number of alkyl halides is 3. The minimum Gasteiger partial charge on any atom is -0.487 e. The predicted octanol–water partition coefficient (Wildman–Crippen LogP) is 4.25. The predicted molar refractivity (Wildman–Crippen MR) is 71.7 cm³/mol. The van der Waals surface area contributed by atoms with E-state index in [1.54, 1.807) is 13.8 Å². The van der Waals surface area contributed by atoms with Crippen LogP contribution in [0.15, 0.2) is 22.7 Å². The van der Waals surface area contributed by atoms with Gasteiger partial charge in [-0.2, -0.15) is 13.2 Å². The topological polar surface area (TPSA) is 27.7 Å². The fourth-order valence-electron chi connectivity index (χ4n) is 1.46. The van der Waals surface area contributed by atoms with Crippen molar-refractivity contribution in [3.8, 4) is 5.75 Å². The molecule has 1 aromatic carbocycles. The van der Waals surface area contributed by atoms with Crippen molar-refractivity contribution >= 4 is 15.9 Å². The molecule has 3 nitrogen and oxygen atoms in total. The van der Waals surface area contributed by atoms with E-state index >= 15 is 0 Å². The van der Waals surface area contributed by atoms with E-state index in [4.69, 9.17) is 14.2 Å². The van der Waals surface area contributed by atoms with E-state index in [9.17, 15) is 13.2 Å². The number of ether oxygens (including phenoxy) is 3. The molecular weight excluding hydrogens is 341 g/mol. The van der Waals surface area contributed by atoms with Gasteiger partial charge in [-0.05, 0) is 48.0 Å². The van der Waals surface area contributed by atoms with Gasteiger partial charge < -0.3 is 14.2 Å². The quantitative estimate of drug-likeness (QED) is 0.683. The van der Waals surface area contributed by atoms with Crippen molar-refractivity contribution in [1.29, 1.82) is 0 Å². The zero-order valence-electron chi connectivity index (χ0n) is 11.2. The van der Waals surface area contributed by atoms with Gasteiger partial charge in [0.2, 0.25) is 0 Å². The molecule has 0 aliphatic heterocycles. The summed E-state index contributed by atoms with van der Waals surface area (Å²) in [5.41, 5.74) is -0.764. The first-order chi connectivity index (χ1) is 9.38. The molecule has 0 aromatic heterocycles. The van der Waals surface area contributed by atoms with Crippen LogP contribution < -0.4 is 4.74 Å². The molecule has 1 aromatic rings. The summed E-state index contributed by atoms with van der Waals surface area (Å²) in [4.78, 5) is 0. The molecule has 20 heavy (non-hydrogen) atoms. The Morgan fingerprint density at radius 2 is 1.75 bits per heavy atom. The van der Waals surface area contributed by atoms with Gasteiger partial charge in [-0.25, -0.2) is 0 Å². The van der Waals surface area contributed by atoms with Gasteiger partial charge in [0.1, 0.15) is 12.4 Å². The first kappa shape index (κ1) is 17.3. The maximum absolute atomic E-state index is 12.6. The zero-order chi connectivity index (χ0) is 15.2. The fourth-order valence-corrected chi connectivity index (χ4v) is 1.83. The lowest BCUT2D eigenvalue weighted by Crippen LogP contribution is -2.25. The Labute approximate surface area is 124 Å². The van der Waals surface area contributed by atoms with Gasteiger partial charge in [0.25, 0.3) is 0 Å². The Balaban J connectivity index is 2.75. The van der Waals surface area contributed by atoms with Crippen LogP contribution in [0, 0.1) is 0 Å². The molecule has 0 amide bonds. The second-order valence-corrected chi connectivity index (χ2v) is 4.65. The molecule has 0 N–H and O–H groups in total. The highest BCUT2D eigenvalue weighted by Crippen LogP contribution is 2.35. The molecule has 0 bridgehead atoms. The van der Waals surface area contributed by atoms with Crippen molar-refractivity contribution in [2.45, 2.75) is 26.3 Å². The van der Waals surface area contributed by atoms with Gasteiger partial charge in [0.05, 0.1) is 10.0 Å². The average Bonchev–Trinajstić information content (AvgIpc) is 2.36. The standard InChI is InChI=1S/C13H16BrF3O3/c1-3-18-12(19-4-2)8-20-11-7-9(13(15,16)17)5-6-10(11)14/h5-7,12H,3-4,8H2,1-2H3. The van der Waals surface area contributed by atoms with Gasteiger partial charge >= 0.3 is 6.18 Å². The molecule has 0 aliphatic carbocycles. The van der Waals surface area contributed by atoms with Crippen LogP contribution in [-0.2, 0) is 15.7 Å². The summed E-state index contributed by atoms with van der Waals surface area (Å²) in [6.07, 6.45) is -5.01. The third-order valence-corrected chi connectivity index (χ3v) is 2.99. The molecule has 114 valence electrons. The van der Waals surface area contributed by atoms with Crippen molar-refractivity contribution in [1.82, 2.24) is 0 Å². The van der Waals surface area contributed by atoms with Gasteiger partial charge in [0, 0.05) is 13.2 Å². The normalized spacial score (nSPS) is 11.9. The Morgan fingerprint density at radius 3 is 2.25 bits per heavy atom. The second-order valence-electron chi connectivity index (χ2n) is 3.79. The van der Waals surface area contributed by atoms with E-state index < -0.39 is 18.0 Å². The molecule has 0 saturated heterocycles. The highest BCUT2D eigenvalue weighted by Gasteiger charge is 2.31. The third kappa shape index (κ3) is 5.30. The molecule has 0 unspecified atom stereocenters. The lowest BCUT2D eigenvalue weighted by Gasteiger charge is -2.18. The third-order valence-electron chi connectivity index (χ3n) is 2.34. The minimum absolute atomic E-state index is 0.0155. The Morgan fingerprint density at radius 1 is 1.15 bits per heavy atom. The summed E-state index contributed by atoms with van der Waals surface area (Å²) < 4.78 is 54.2. The van der Waals surface area contributed by atoms with Crippen LogP contribution in [0.25, 0.3) is 0 Å². The summed E-state index contributed by atoms with van der Waals surface area (Å²) in [7, 11) is 0. The summed E-state index contributed by atoms with van der Waals surface area (Å²) in [6, 6.07) is 3.23. The Kier molecular flexibility index (Phi) is 6.78. The number of hydrogen-bond donors (Lipinski definition) is 0. The number of hydrogen-bond acceptors (Lipinski definition) is 3. The van der Waals surface area contributed by atoms with Crippen LogP contribution in [-0.4, -0.2) is 26.1 Å². The molecule has 0 atom stereocenters. The molecule has 0 spiro atoms. The van der Waals surface area contributed by atoms with E-state index in [1.807, 2.05) is 0 Å². The van der Waals surface area contributed by atoms with Crippen LogP contribution in [0.4, 0.5) is 13.2 Å². The van der Waals surface area contributed by atoms with Crippen molar-refractivity contribution in [3.05, 3.63) is 28.2 Å². The van der Waals surface area contributed by atoms with Crippen LogP contribution in [0.2, 0.25) is 0 Å². The van der Waals surface area contributed by atoms with Crippen molar-refractivity contribution < 1.29 is 27.4 Å². The fraction of sp³-hybridized carbons (Fsp3) is 0.538. The minimum atomic E-state index is -4.40. The second kappa shape index (κ2) is 7.85. The van der Waals surface area contributed by atoms with Crippen LogP contribution in [0.5, 0.6) is 5.75 Å². The number of halogens is 4. The monoisotopic (exact) mass is 356 g/mol. The summed E-state index contributed by atoms with van der Waals surface area (Å²) in [5.74, 6) is 0.101. The van der Waals surface area contributed by atoms with E-state index in [0.717, 1.165) is 12.1 Å². The molecule has 0 heterocycles. The van der Waals surface area contributed by atoms with E-state index in [0.29, 0.717) is 17.7 Å². The highest BCUT2D eigenvalue weighted by molar-refractivity contribution is 9.10. The lowest BCUT2D eigenvalue weighted by atomic mass is 10.2. The van der Waals surface area contributed by atoms with E-state index in [-0.39, 0.29) is 12.4 Å². The first-order valence-electron chi connectivity index (χ1n) is 6.11. The van der Waals surface area contributed by atoms with Crippen LogP contribution >= 0.6 is 15.9 Å². The Hall–Kier alpha value is -0.790. The summed E-state index contributed by atoms with van der Waals surface area (Å²) in [5, 5.41) is 0. The van der Waals surface area contributed by atoms with Gasteiger partial charge in [0.15, 0.2) is 6.29 Å². The first-order valence-corrected chi connectivity index (χ1v) is 6.90. The molecule has 1 rings (SSSR count). The maximum atomic E-state index is 12.6. The molecule has 7 heteroatoms. The molecule has 0 saturated carbocycles. The summed E-state index contributed by atoms with van der Waals surface area (Å²) >= 11 is 3.15. The smallest absolute Gasteiger partial charge is 0.416 e. The van der Waals surface area contributed by atoms with Gasteiger partial charge in [-0.3, -0.25) is 0 Å². The SMILES string of the molecule is CCOC(COc1cc(C(F)(F)F)ccc1Br)OCC. The average molecular weight is 357 g/mol. The lowest BCUT2D eigenvalue weighted by molar-refractivity contribution is -0.152. The largest absolute Gasteiger partial charge is 0.487 e. The molecule has 0 radical (unpaired) electrons. The van der Waals surface area contributed by atoms with Gasteiger partial charge in [-0.1, -0.05) is 0 Å². The summed E-state index contributed by atoms with van der Waals surface area (Å²) in [6.45, 7) is 4.47. The number of rotatable bonds is 7. The van der Waals surface area contributed by atoms with Gasteiger partial charge in [-0.15, -0.1) is 0 Å². The van der Waals surface area contributed by atoms with E-state index in [1.165, 1.54) is 6.07 Å². The van der Waals surface area contributed by atoms with Crippen molar-refractivity contribution in [2.24, 2.45) is 0 Å². The molecule has 0 fully saturated rings. The van der Waals surface area contributed by atoms with Crippen LogP contribution in [0.3, 0.4) is 0 Å². The number of benzene rings is 1. The van der Waals surface area contributed by atoms with Crippen molar-refractivity contribution in [2.75, 3.05) is 19.8 Å². The Bertz CT molecular complexity index is 418. The van der Waals surface area contributed by atoms with E-state index in [2.05, 4.69) is 15.9 Å². The maximum Gasteiger partial charge on any atom is 0.416 e. The van der Waals surface area contributed by atoms with Crippen LogP contribution in [0.1, 0.15) is 19.4 Å². The molecule has 0 aliphatic rings.